The van der Waals surface area contributed by atoms with E-state index in [1.807, 2.05) is 13.8 Å². The van der Waals surface area contributed by atoms with Gasteiger partial charge in [0, 0.05) is 11.0 Å². The van der Waals surface area contributed by atoms with Crippen molar-refractivity contribution in [2.45, 2.75) is 31.8 Å². The third-order valence-corrected chi connectivity index (χ3v) is 4.53. The molecule has 27 heavy (non-hydrogen) atoms. The Labute approximate surface area is 153 Å². The van der Waals surface area contributed by atoms with Gasteiger partial charge in [0.2, 0.25) is 0 Å². The topological polar surface area (TPSA) is 136 Å². The Kier molecular flexibility index (Phi) is 4.56. The van der Waals surface area contributed by atoms with Gasteiger partial charge in [-0.1, -0.05) is 12.1 Å². The first-order valence-electron chi connectivity index (χ1n) is 8.23. The summed E-state index contributed by atoms with van der Waals surface area (Å²) in [5.74, 6) is -2.22. The van der Waals surface area contributed by atoms with Crippen LogP contribution in [0.2, 0.25) is 0 Å². The van der Waals surface area contributed by atoms with E-state index in [1.165, 1.54) is 36.1 Å². The van der Waals surface area contributed by atoms with Gasteiger partial charge in [0.1, 0.15) is 5.82 Å². The number of ether oxygens (including phenoxy) is 1. The van der Waals surface area contributed by atoms with Crippen molar-refractivity contribution in [3.8, 4) is 0 Å². The number of H-pyrrole nitrogens is 1. The molecule has 1 aromatic heterocycles. The molecule has 3 rings (SSSR count). The highest BCUT2D eigenvalue weighted by atomic mass is 16.6. The lowest BCUT2D eigenvalue weighted by molar-refractivity contribution is -0.509. The number of hydrogen-bond acceptors (Lipinski definition) is 6. The van der Waals surface area contributed by atoms with E-state index >= 15 is 0 Å². The molecule has 0 unspecified atom stereocenters. The molecule has 2 heterocycles. The van der Waals surface area contributed by atoms with E-state index in [2.05, 4.69) is 15.2 Å². The predicted octanol–water partition coefficient (Wildman–Crippen LogP) is 1.27. The van der Waals surface area contributed by atoms with Crippen LogP contribution in [0.4, 0.5) is 5.82 Å². The molecule has 1 aromatic carbocycles. The summed E-state index contributed by atoms with van der Waals surface area (Å²) in [4.78, 5) is 47.5. The third kappa shape index (κ3) is 2.98. The van der Waals surface area contributed by atoms with Gasteiger partial charge < -0.3 is 10.1 Å². The Morgan fingerprint density at radius 3 is 2.41 bits per heavy atom. The molecule has 2 aromatic rings. The SMILES string of the molecule is COC(=O)c1ccc([C@H]2c3c(n(C(C)C)[nH]c3=O)NC(=O)[C@@H]2[N+](=O)[O-])cc1. The fourth-order valence-electron chi connectivity index (χ4n) is 3.28. The first kappa shape index (κ1) is 18.4. The van der Waals surface area contributed by atoms with Gasteiger partial charge in [-0.3, -0.25) is 29.5 Å². The molecule has 0 saturated heterocycles. The molecule has 10 heteroatoms. The van der Waals surface area contributed by atoms with Crippen LogP contribution in [0.25, 0.3) is 0 Å². The molecule has 10 nitrogen and oxygen atoms in total. The van der Waals surface area contributed by atoms with Crippen LogP contribution >= 0.6 is 0 Å². The van der Waals surface area contributed by atoms with Crippen molar-refractivity contribution in [2.75, 3.05) is 12.4 Å². The number of carbonyl (C=O) groups excluding carboxylic acids is 2. The van der Waals surface area contributed by atoms with Crippen molar-refractivity contribution in [1.29, 1.82) is 0 Å². The average molecular weight is 374 g/mol. The summed E-state index contributed by atoms with van der Waals surface area (Å²) < 4.78 is 6.11. The van der Waals surface area contributed by atoms with E-state index in [4.69, 9.17) is 0 Å². The summed E-state index contributed by atoms with van der Waals surface area (Å²) in [6, 6.07) is 4.03. The fraction of sp³-hybridized carbons (Fsp3) is 0.353. The van der Waals surface area contributed by atoms with Gasteiger partial charge in [-0.05, 0) is 31.5 Å². The van der Waals surface area contributed by atoms with Crippen LogP contribution in [0.1, 0.15) is 47.3 Å². The summed E-state index contributed by atoms with van der Waals surface area (Å²) in [7, 11) is 1.24. The lowest BCUT2D eigenvalue weighted by Crippen LogP contribution is -2.45. The minimum Gasteiger partial charge on any atom is -0.465 e. The fourth-order valence-corrected chi connectivity index (χ4v) is 3.28. The van der Waals surface area contributed by atoms with Crippen molar-refractivity contribution in [3.63, 3.8) is 0 Å². The molecule has 1 aliphatic rings. The molecule has 1 aliphatic heterocycles. The number of nitrogens with zero attached hydrogens (tertiary/aromatic N) is 2. The normalized spacial score (nSPS) is 18.7. The van der Waals surface area contributed by atoms with Crippen LogP contribution in [0, 0.1) is 10.1 Å². The molecular formula is C17H18N4O6. The van der Waals surface area contributed by atoms with E-state index in [0.717, 1.165) is 0 Å². The number of carbonyl (C=O) groups is 2. The van der Waals surface area contributed by atoms with Crippen LogP contribution in [0.3, 0.4) is 0 Å². The number of fused-ring (bicyclic) bond motifs is 1. The number of rotatable bonds is 4. The Balaban J connectivity index is 2.19. The second kappa shape index (κ2) is 6.71. The molecule has 0 spiro atoms. The number of aromatic amines is 1. The lowest BCUT2D eigenvalue weighted by Gasteiger charge is -2.26. The van der Waals surface area contributed by atoms with E-state index in [9.17, 15) is 24.5 Å². The van der Waals surface area contributed by atoms with E-state index in [1.54, 1.807) is 0 Å². The van der Waals surface area contributed by atoms with Gasteiger partial charge in [-0.15, -0.1) is 0 Å². The second-order valence-corrected chi connectivity index (χ2v) is 6.48. The Morgan fingerprint density at radius 1 is 1.26 bits per heavy atom. The number of hydrogen-bond donors (Lipinski definition) is 2. The summed E-state index contributed by atoms with van der Waals surface area (Å²) in [5.41, 5.74) is 0.254. The molecule has 0 fully saturated rings. The van der Waals surface area contributed by atoms with Gasteiger partial charge in [0.05, 0.1) is 24.2 Å². The number of nitrogens with one attached hydrogen (secondary N) is 2. The first-order chi connectivity index (χ1) is 12.8. The molecule has 0 aliphatic carbocycles. The number of esters is 1. The van der Waals surface area contributed by atoms with E-state index < -0.39 is 34.3 Å². The van der Waals surface area contributed by atoms with Gasteiger partial charge in [-0.2, -0.15) is 0 Å². The molecule has 0 bridgehead atoms. The van der Waals surface area contributed by atoms with Crippen molar-refractivity contribution >= 4 is 17.7 Å². The standard InChI is InChI=1S/C17H18N4O6/c1-8(2)20-14-12(15(22)19-20)11(13(21(25)26)16(23)18-14)9-4-6-10(7-5-9)17(24)27-3/h4-8,11,13H,1-3H3,(H,18,23)(H,19,22)/t11-,13+/m0/s1. The molecule has 0 radical (unpaired) electrons. The van der Waals surface area contributed by atoms with Gasteiger partial charge in [0.25, 0.3) is 5.56 Å². The van der Waals surface area contributed by atoms with Gasteiger partial charge in [-0.25, -0.2) is 4.79 Å². The van der Waals surface area contributed by atoms with E-state index in [0.29, 0.717) is 5.56 Å². The van der Waals surface area contributed by atoms with E-state index in [-0.39, 0.29) is 23.0 Å². The van der Waals surface area contributed by atoms with Crippen molar-refractivity contribution in [2.24, 2.45) is 0 Å². The summed E-state index contributed by atoms with van der Waals surface area (Å²) in [5, 5.41) is 16.7. The number of aromatic nitrogens is 2. The van der Waals surface area contributed by atoms with Crippen LogP contribution in [0.5, 0.6) is 0 Å². The maximum absolute atomic E-state index is 12.5. The molecular weight excluding hydrogens is 356 g/mol. The third-order valence-electron chi connectivity index (χ3n) is 4.53. The van der Waals surface area contributed by atoms with Gasteiger partial charge >= 0.3 is 17.9 Å². The minimum atomic E-state index is -1.66. The number of anilines is 1. The molecule has 2 atom stereocenters. The summed E-state index contributed by atoms with van der Waals surface area (Å²) >= 11 is 0. The predicted molar refractivity (Wildman–Crippen MR) is 94.5 cm³/mol. The highest BCUT2D eigenvalue weighted by Crippen LogP contribution is 2.37. The zero-order chi connectivity index (χ0) is 19.9. The van der Waals surface area contributed by atoms with Crippen LogP contribution in [0.15, 0.2) is 29.1 Å². The molecule has 1 amide bonds. The highest BCUT2D eigenvalue weighted by molar-refractivity contribution is 5.98. The largest absolute Gasteiger partial charge is 0.465 e. The summed E-state index contributed by atoms with van der Waals surface area (Å²) in [6.45, 7) is 3.62. The zero-order valence-corrected chi connectivity index (χ0v) is 14.9. The average Bonchev–Trinajstić information content (AvgIpc) is 2.96. The molecule has 2 N–H and O–H groups in total. The van der Waals surface area contributed by atoms with Crippen LogP contribution < -0.4 is 10.9 Å². The first-order valence-corrected chi connectivity index (χ1v) is 8.23. The monoisotopic (exact) mass is 374 g/mol. The number of methoxy groups -OCH3 is 1. The number of nitro groups is 1. The van der Waals surface area contributed by atoms with Crippen LogP contribution in [-0.4, -0.2) is 39.7 Å². The maximum Gasteiger partial charge on any atom is 0.337 e. The Morgan fingerprint density at radius 2 is 1.89 bits per heavy atom. The smallest absolute Gasteiger partial charge is 0.337 e. The van der Waals surface area contributed by atoms with Crippen molar-refractivity contribution < 1.29 is 19.2 Å². The second-order valence-electron chi connectivity index (χ2n) is 6.48. The minimum absolute atomic E-state index is 0.121. The van der Waals surface area contributed by atoms with Crippen molar-refractivity contribution in [1.82, 2.24) is 9.78 Å². The van der Waals surface area contributed by atoms with Crippen molar-refractivity contribution in [3.05, 3.63) is 61.4 Å². The lowest BCUT2D eigenvalue weighted by atomic mass is 9.83. The molecule has 0 saturated carbocycles. The summed E-state index contributed by atoms with van der Waals surface area (Å²) in [6.07, 6.45) is 0. The number of amides is 1. The quantitative estimate of drug-likeness (QED) is 0.470. The zero-order valence-electron chi connectivity index (χ0n) is 14.9. The Bertz CT molecular complexity index is 972. The maximum atomic E-state index is 12.5. The Hall–Kier alpha value is -3.43. The highest BCUT2D eigenvalue weighted by Gasteiger charge is 2.48. The van der Waals surface area contributed by atoms with Crippen LogP contribution in [-0.2, 0) is 9.53 Å². The molecule has 142 valence electrons. The number of benzene rings is 1. The van der Waals surface area contributed by atoms with Gasteiger partial charge in [0.15, 0.2) is 0 Å².